The maximum absolute atomic E-state index is 13.0. The number of amides is 1. The minimum atomic E-state index is -0.107. The van der Waals surface area contributed by atoms with Gasteiger partial charge in [0.1, 0.15) is 0 Å². The van der Waals surface area contributed by atoms with E-state index in [0.29, 0.717) is 48.5 Å². The molecule has 2 aromatic heterocycles. The number of hydrogen-bond acceptors (Lipinski definition) is 6. The number of likely N-dealkylation sites (tertiary alicyclic amines) is 1. The Hall–Kier alpha value is -3.13. The largest absolute Gasteiger partial charge is 0.490 e. The van der Waals surface area contributed by atoms with Crippen LogP contribution in [0.5, 0.6) is 11.5 Å². The normalized spacial score (nSPS) is 16.2. The zero-order chi connectivity index (χ0) is 24.2. The zero-order valence-electron chi connectivity index (χ0n) is 20.9. The van der Waals surface area contributed by atoms with Crippen molar-refractivity contribution in [1.82, 2.24) is 24.8 Å². The van der Waals surface area contributed by atoms with Crippen LogP contribution in [0.4, 0.5) is 0 Å². The fourth-order valence-electron chi connectivity index (χ4n) is 4.82. The molecule has 0 spiro atoms. The number of carbonyl (C=O) groups is 1. The van der Waals surface area contributed by atoms with Crippen LogP contribution in [0.15, 0.2) is 24.4 Å². The Bertz CT molecular complexity index is 1170. The van der Waals surface area contributed by atoms with Gasteiger partial charge in [-0.1, -0.05) is 13.0 Å². The van der Waals surface area contributed by atoms with E-state index in [2.05, 4.69) is 22.1 Å². The molecule has 0 unspecified atom stereocenters. The van der Waals surface area contributed by atoms with Gasteiger partial charge in [-0.2, -0.15) is 5.10 Å². The number of nitrogens with one attached hydrogen (secondary N) is 1. The molecule has 0 aliphatic carbocycles. The van der Waals surface area contributed by atoms with Crippen LogP contribution in [0.3, 0.4) is 0 Å². The molecule has 0 saturated carbocycles. The Morgan fingerprint density at radius 2 is 1.91 bits per heavy atom. The molecule has 3 heterocycles. The van der Waals surface area contributed by atoms with E-state index in [4.69, 9.17) is 14.6 Å². The van der Waals surface area contributed by atoms with E-state index in [1.165, 1.54) is 6.42 Å². The number of fused-ring (bicyclic) bond motifs is 1. The van der Waals surface area contributed by atoms with Crippen molar-refractivity contribution in [2.45, 2.75) is 53.5 Å². The van der Waals surface area contributed by atoms with Gasteiger partial charge < -0.3 is 14.8 Å². The SMILES string of the molecule is CCOc1ccc(-c2c(C)nn3c(C)c(C(=O)NC[C@@H]4CCCN4CC)cnc23)cc1OCC. The van der Waals surface area contributed by atoms with E-state index in [9.17, 15) is 4.79 Å². The summed E-state index contributed by atoms with van der Waals surface area (Å²) in [5, 5.41) is 7.83. The second-order valence-electron chi connectivity index (χ2n) is 8.62. The first-order valence-corrected chi connectivity index (χ1v) is 12.3. The van der Waals surface area contributed by atoms with Gasteiger partial charge in [0.2, 0.25) is 0 Å². The second-order valence-corrected chi connectivity index (χ2v) is 8.62. The maximum atomic E-state index is 13.0. The number of benzene rings is 1. The Kier molecular flexibility index (Phi) is 7.36. The van der Waals surface area contributed by atoms with Crippen molar-refractivity contribution in [2.75, 3.05) is 32.8 Å². The molecular formula is C26H35N5O3. The molecular weight excluding hydrogens is 430 g/mol. The zero-order valence-corrected chi connectivity index (χ0v) is 20.9. The third-order valence-electron chi connectivity index (χ3n) is 6.54. The molecule has 34 heavy (non-hydrogen) atoms. The Labute approximate surface area is 201 Å². The molecule has 1 amide bonds. The standard InChI is InChI=1S/C26H35N5O3/c1-6-30-13-9-10-20(30)15-28-26(32)21-16-27-25-24(17(4)29-31(25)18(21)5)19-11-12-22(33-7-2)23(14-19)34-8-3/h11-12,14,16,20H,6-10,13,15H2,1-5H3,(H,28,32)/t20-/m0/s1. The third-order valence-corrected chi connectivity index (χ3v) is 6.54. The average Bonchev–Trinajstić information content (AvgIpc) is 3.43. The van der Waals surface area contributed by atoms with E-state index in [0.717, 1.165) is 42.0 Å². The van der Waals surface area contributed by atoms with Crippen molar-refractivity contribution in [2.24, 2.45) is 0 Å². The summed E-state index contributed by atoms with van der Waals surface area (Å²) in [6, 6.07) is 6.29. The van der Waals surface area contributed by atoms with Crippen molar-refractivity contribution >= 4 is 11.6 Å². The summed E-state index contributed by atoms with van der Waals surface area (Å²) in [6.07, 6.45) is 3.97. The highest BCUT2D eigenvalue weighted by atomic mass is 16.5. The lowest BCUT2D eigenvalue weighted by molar-refractivity contribution is 0.0939. The van der Waals surface area contributed by atoms with Crippen LogP contribution >= 0.6 is 0 Å². The number of aryl methyl sites for hydroxylation is 2. The lowest BCUT2D eigenvalue weighted by atomic mass is 10.1. The minimum Gasteiger partial charge on any atom is -0.490 e. The lowest BCUT2D eigenvalue weighted by Crippen LogP contribution is -2.40. The summed E-state index contributed by atoms with van der Waals surface area (Å²) in [7, 11) is 0. The second kappa shape index (κ2) is 10.4. The molecule has 8 nitrogen and oxygen atoms in total. The Balaban J connectivity index is 1.63. The van der Waals surface area contributed by atoms with Crippen LogP contribution in [0.1, 0.15) is 55.4 Å². The van der Waals surface area contributed by atoms with Gasteiger partial charge in [-0.05, 0) is 71.3 Å². The molecule has 4 rings (SSSR count). The number of carbonyl (C=O) groups excluding carboxylic acids is 1. The lowest BCUT2D eigenvalue weighted by Gasteiger charge is -2.23. The predicted octanol–water partition coefficient (Wildman–Crippen LogP) is 4.02. The topological polar surface area (TPSA) is 81.0 Å². The molecule has 1 saturated heterocycles. The van der Waals surface area contributed by atoms with E-state index < -0.39 is 0 Å². The molecule has 1 N–H and O–H groups in total. The Morgan fingerprint density at radius 3 is 2.65 bits per heavy atom. The van der Waals surface area contributed by atoms with Crippen LogP contribution < -0.4 is 14.8 Å². The molecule has 0 bridgehead atoms. The van der Waals surface area contributed by atoms with Crippen molar-refractivity contribution in [3.63, 3.8) is 0 Å². The molecule has 8 heteroatoms. The van der Waals surface area contributed by atoms with E-state index >= 15 is 0 Å². The number of nitrogens with zero attached hydrogens (tertiary/aromatic N) is 4. The smallest absolute Gasteiger partial charge is 0.254 e. The fraction of sp³-hybridized carbons (Fsp3) is 0.500. The summed E-state index contributed by atoms with van der Waals surface area (Å²) in [5.74, 6) is 1.31. The molecule has 3 aromatic rings. The number of rotatable bonds is 9. The van der Waals surface area contributed by atoms with Gasteiger partial charge >= 0.3 is 0 Å². The van der Waals surface area contributed by atoms with E-state index in [1.807, 2.05) is 45.9 Å². The first-order chi connectivity index (χ1) is 16.5. The summed E-state index contributed by atoms with van der Waals surface area (Å²) in [4.78, 5) is 20.1. The fourth-order valence-corrected chi connectivity index (χ4v) is 4.82. The number of hydrogen-bond donors (Lipinski definition) is 1. The van der Waals surface area contributed by atoms with Gasteiger partial charge in [-0.15, -0.1) is 0 Å². The van der Waals surface area contributed by atoms with Gasteiger partial charge in [0.05, 0.1) is 30.2 Å². The monoisotopic (exact) mass is 465 g/mol. The predicted molar refractivity (Wildman–Crippen MR) is 133 cm³/mol. The van der Waals surface area contributed by atoms with Crippen molar-refractivity contribution in [3.05, 3.63) is 41.3 Å². The quantitative estimate of drug-likeness (QED) is 0.514. The van der Waals surface area contributed by atoms with Gasteiger partial charge in [0.25, 0.3) is 5.91 Å². The van der Waals surface area contributed by atoms with Gasteiger partial charge in [0, 0.05) is 24.3 Å². The van der Waals surface area contributed by atoms with E-state index in [1.54, 1.807) is 10.7 Å². The molecule has 1 fully saturated rings. The van der Waals surface area contributed by atoms with Crippen molar-refractivity contribution < 1.29 is 14.3 Å². The maximum Gasteiger partial charge on any atom is 0.254 e. The molecule has 1 aliphatic rings. The van der Waals surface area contributed by atoms with Gasteiger partial charge in [-0.3, -0.25) is 9.69 Å². The highest BCUT2D eigenvalue weighted by Gasteiger charge is 2.24. The van der Waals surface area contributed by atoms with Gasteiger partial charge in [-0.25, -0.2) is 9.50 Å². The van der Waals surface area contributed by atoms with Crippen molar-refractivity contribution in [3.8, 4) is 22.6 Å². The van der Waals surface area contributed by atoms with Crippen molar-refractivity contribution in [1.29, 1.82) is 0 Å². The molecule has 1 atom stereocenters. The summed E-state index contributed by atoms with van der Waals surface area (Å²) >= 11 is 0. The molecule has 1 aliphatic heterocycles. The highest BCUT2D eigenvalue weighted by Crippen LogP contribution is 2.36. The summed E-state index contributed by atoms with van der Waals surface area (Å²) < 4.78 is 13.3. The first-order valence-electron chi connectivity index (χ1n) is 12.3. The van der Waals surface area contributed by atoms with Gasteiger partial charge in [0.15, 0.2) is 17.1 Å². The number of ether oxygens (including phenoxy) is 2. The van der Waals surface area contributed by atoms with Crippen LogP contribution in [0.2, 0.25) is 0 Å². The van der Waals surface area contributed by atoms with Crippen LogP contribution in [0, 0.1) is 13.8 Å². The minimum absolute atomic E-state index is 0.107. The van der Waals surface area contributed by atoms with Crippen LogP contribution in [-0.4, -0.2) is 64.3 Å². The van der Waals surface area contributed by atoms with Crippen LogP contribution in [0.25, 0.3) is 16.8 Å². The third kappa shape index (κ3) is 4.59. The number of aromatic nitrogens is 3. The average molecular weight is 466 g/mol. The van der Waals surface area contributed by atoms with Crippen LogP contribution in [-0.2, 0) is 0 Å². The van der Waals surface area contributed by atoms with E-state index in [-0.39, 0.29) is 5.91 Å². The summed E-state index contributed by atoms with van der Waals surface area (Å²) in [6.45, 7) is 13.8. The summed E-state index contributed by atoms with van der Waals surface area (Å²) in [5.41, 5.74) is 4.74. The molecule has 182 valence electrons. The Morgan fingerprint density at radius 1 is 1.15 bits per heavy atom. The molecule has 0 radical (unpaired) electrons. The highest BCUT2D eigenvalue weighted by molar-refractivity contribution is 5.95. The molecule has 1 aromatic carbocycles. The first kappa shape index (κ1) is 24.0. The number of likely N-dealkylation sites (N-methyl/N-ethyl adjacent to an activating group) is 1.